The third kappa shape index (κ3) is 2.39. The summed E-state index contributed by atoms with van der Waals surface area (Å²) in [7, 11) is 3.54. The maximum atomic E-state index is 5.85. The van der Waals surface area contributed by atoms with Crippen LogP contribution in [0.1, 0.15) is 12.8 Å². The van der Waals surface area contributed by atoms with Crippen molar-refractivity contribution in [3.05, 3.63) is 17.3 Å². The minimum Gasteiger partial charge on any atom is -0.473 e. The lowest BCUT2D eigenvalue weighted by molar-refractivity contribution is -0.0393. The summed E-state index contributed by atoms with van der Waals surface area (Å²) in [5.41, 5.74) is 0.813. The molecule has 0 unspecified atom stereocenters. The van der Waals surface area contributed by atoms with Gasteiger partial charge in [-0.2, -0.15) is 0 Å². The number of aromatic nitrogens is 1. The van der Waals surface area contributed by atoms with Crippen molar-refractivity contribution in [2.24, 2.45) is 0 Å². The molecule has 1 fully saturated rings. The molecule has 1 heterocycles. The smallest absolute Gasteiger partial charge is 0.237 e. The highest BCUT2D eigenvalue weighted by Crippen LogP contribution is 2.31. The molecular formula is C11H15ClN2O2. The molecule has 0 saturated heterocycles. The standard InChI is InChI=1S/C11H15ClN2O2/c1-13-10-3-7(12)6-14-11(10)16-9-4-8(5-9)15-2/h3,6,8-9,13H,4-5H2,1-2H3. The summed E-state index contributed by atoms with van der Waals surface area (Å²) in [4.78, 5) is 4.16. The van der Waals surface area contributed by atoms with Crippen molar-refractivity contribution in [1.29, 1.82) is 0 Å². The van der Waals surface area contributed by atoms with Gasteiger partial charge in [-0.1, -0.05) is 11.6 Å². The maximum absolute atomic E-state index is 5.85. The topological polar surface area (TPSA) is 43.4 Å². The molecule has 0 aliphatic heterocycles. The van der Waals surface area contributed by atoms with Crippen LogP contribution < -0.4 is 10.1 Å². The normalized spacial score (nSPS) is 23.7. The van der Waals surface area contributed by atoms with Gasteiger partial charge in [0.05, 0.1) is 16.8 Å². The number of anilines is 1. The molecule has 1 aliphatic rings. The lowest BCUT2D eigenvalue weighted by Gasteiger charge is -2.34. The molecule has 4 nitrogen and oxygen atoms in total. The van der Waals surface area contributed by atoms with Crippen LogP contribution in [0.25, 0.3) is 0 Å². The first kappa shape index (κ1) is 11.5. The van der Waals surface area contributed by atoms with E-state index in [1.54, 1.807) is 19.4 Å². The van der Waals surface area contributed by atoms with Crippen LogP contribution in [-0.2, 0) is 4.74 Å². The summed E-state index contributed by atoms with van der Waals surface area (Å²) in [5, 5.41) is 3.61. The molecular weight excluding hydrogens is 228 g/mol. The second-order valence-electron chi connectivity index (χ2n) is 3.83. The van der Waals surface area contributed by atoms with Gasteiger partial charge in [0.2, 0.25) is 5.88 Å². The third-order valence-corrected chi connectivity index (χ3v) is 2.96. The fourth-order valence-corrected chi connectivity index (χ4v) is 1.82. The van der Waals surface area contributed by atoms with E-state index < -0.39 is 0 Å². The Hall–Kier alpha value is -1.00. The highest BCUT2D eigenvalue weighted by atomic mass is 35.5. The SMILES string of the molecule is CNc1cc(Cl)cnc1OC1CC(OC)C1. The summed E-state index contributed by atoms with van der Waals surface area (Å²) in [6, 6.07) is 1.80. The van der Waals surface area contributed by atoms with Crippen LogP contribution in [0, 0.1) is 0 Å². The number of rotatable bonds is 4. The van der Waals surface area contributed by atoms with Gasteiger partial charge in [-0.3, -0.25) is 0 Å². The second-order valence-corrected chi connectivity index (χ2v) is 4.26. The zero-order valence-electron chi connectivity index (χ0n) is 9.37. The van der Waals surface area contributed by atoms with Gasteiger partial charge in [-0.15, -0.1) is 0 Å². The number of methoxy groups -OCH3 is 1. The monoisotopic (exact) mass is 242 g/mol. The molecule has 1 saturated carbocycles. The number of halogens is 1. The lowest BCUT2D eigenvalue weighted by Crippen LogP contribution is -2.39. The van der Waals surface area contributed by atoms with Crippen LogP contribution >= 0.6 is 11.6 Å². The van der Waals surface area contributed by atoms with Crippen LogP contribution in [0.5, 0.6) is 5.88 Å². The Bertz CT molecular complexity index is 367. The summed E-state index contributed by atoms with van der Waals surface area (Å²) in [6.45, 7) is 0. The first-order valence-electron chi connectivity index (χ1n) is 5.25. The van der Waals surface area contributed by atoms with Gasteiger partial charge in [0.1, 0.15) is 6.10 Å². The van der Waals surface area contributed by atoms with Gasteiger partial charge in [0.15, 0.2) is 0 Å². The maximum Gasteiger partial charge on any atom is 0.237 e. The Morgan fingerprint density at radius 1 is 1.44 bits per heavy atom. The van der Waals surface area contributed by atoms with E-state index in [0.717, 1.165) is 18.5 Å². The highest BCUT2D eigenvalue weighted by Gasteiger charge is 2.31. The molecule has 2 rings (SSSR count). The van der Waals surface area contributed by atoms with Gasteiger partial charge >= 0.3 is 0 Å². The molecule has 88 valence electrons. The zero-order chi connectivity index (χ0) is 11.5. The zero-order valence-corrected chi connectivity index (χ0v) is 10.1. The predicted molar refractivity (Wildman–Crippen MR) is 63.2 cm³/mol. The van der Waals surface area contributed by atoms with Crippen LogP contribution in [0.3, 0.4) is 0 Å². The number of hydrogen-bond acceptors (Lipinski definition) is 4. The van der Waals surface area contributed by atoms with Gasteiger partial charge in [-0.25, -0.2) is 4.98 Å². The van der Waals surface area contributed by atoms with Crippen molar-refractivity contribution >= 4 is 17.3 Å². The molecule has 1 N–H and O–H groups in total. The van der Waals surface area contributed by atoms with Crippen molar-refractivity contribution < 1.29 is 9.47 Å². The average Bonchev–Trinajstić information content (AvgIpc) is 2.24. The summed E-state index contributed by atoms with van der Waals surface area (Å²) in [5.74, 6) is 0.603. The minimum absolute atomic E-state index is 0.200. The Balaban J connectivity index is 1.99. The van der Waals surface area contributed by atoms with Crippen molar-refractivity contribution in [3.63, 3.8) is 0 Å². The Morgan fingerprint density at radius 3 is 2.81 bits per heavy atom. The number of nitrogens with one attached hydrogen (secondary N) is 1. The van der Waals surface area contributed by atoms with Crippen molar-refractivity contribution in [3.8, 4) is 5.88 Å². The number of nitrogens with zero attached hydrogens (tertiary/aromatic N) is 1. The Morgan fingerprint density at radius 2 is 2.19 bits per heavy atom. The van der Waals surface area contributed by atoms with Crippen LogP contribution in [-0.4, -0.2) is 31.3 Å². The predicted octanol–water partition coefficient (Wildman–Crippen LogP) is 2.33. The molecule has 1 aliphatic carbocycles. The molecule has 0 amide bonds. The molecule has 16 heavy (non-hydrogen) atoms. The highest BCUT2D eigenvalue weighted by molar-refractivity contribution is 6.30. The first-order chi connectivity index (χ1) is 7.72. The molecule has 0 radical (unpaired) electrons. The lowest BCUT2D eigenvalue weighted by atomic mass is 9.92. The van der Waals surface area contributed by atoms with Gasteiger partial charge in [-0.05, 0) is 6.07 Å². The molecule has 0 spiro atoms. The summed E-state index contributed by atoms with van der Waals surface area (Å²) in [6.07, 6.45) is 3.96. The molecule has 5 heteroatoms. The first-order valence-corrected chi connectivity index (χ1v) is 5.63. The minimum atomic E-state index is 0.200. The quantitative estimate of drug-likeness (QED) is 0.880. The number of ether oxygens (including phenoxy) is 2. The number of hydrogen-bond donors (Lipinski definition) is 1. The van der Waals surface area contributed by atoms with E-state index in [9.17, 15) is 0 Å². The van der Waals surface area contributed by atoms with E-state index in [4.69, 9.17) is 21.1 Å². The Kier molecular flexibility index (Phi) is 3.51. The van der Waals surface area contributed by atoms with Crippen LogP contribution in [0.2, 0.25) is 5.02 Å². The van der Waals surface area contributed by atoms with Crippen molar-refractivity contribution in [2.45, 2.75) is 25.0 Å². The van der Waals surface area contributed by atoms with Crippen molar-refractivity contribution in [2.75, 3.05) is 19.5 Å². The fourth-order valence-electron chi connectivity index (χ4n) is 1.66. The van der Waals surface area contributed by atoms with Gasteiger partial charge in [0.25, 0.3) is 0 Å². The summed E-state index contributed by atoms with van der Waals surface area (Å²) >= 11 is 5.85. The molecule has 0 bridgehead atoms. The van der Waals surface area contributed by atoms with E-state index in [0.29, 0.717) is 17.0 Å². The van der Waals surface area contributed by atoms with Crippen molar-refractivity contribution in [1.82, 2.24) is 4.98 Å². The Labute approximate surface area is 99.9 Å². The summed E-state index contributed by atoms with van der Waals surface area (Å²) < 4.78 is 10.9. The molecule has 0 atom stereocenters. The fraction of sp³-hybridized carbons (Fsp3) is 0.545. The molecule has 1 aromatic rings. The van der Waals surface area contributed by atoms with E-state index in [-0.39, 0.29) is 6.10 Å². The average molecular weight is 243 g/mol. The van der Waals surface area contributed by atoms with Gasteiger partial charge < -0.3 is 14.8 Å². The van der Waals surface area contributed by atoms with Crippen LogP contribution in [0.15, 0.2) is 12.3 Å². The second kappa shape index (κ2) is 4.89. The third-order valence-electron chi connectivity index (χ3n) is 2.75. The van der Waals surface area contributed by atoms with E-state index in [1.807, 2.05) is 7.05 Å². The van der Waals surface area contributed by atoms with Crippen LogP contribution in [0.4, 0.5) is 5.69 Å². The molecule has 0 aromatic carbocycles. The molecule has 1 aromatic heterocycles. The van der Waals surface area contributed by atoms with E-state index in [1.165, 1.54) is 0 Å². The van der Waals surface area contributed by atoms with E-state index >= 15 is 0 Å². The number of pyridine rings is 1. The van der Waals surface area contributed by atoms with Gasteiger partial charge in [0, 0.05) is 33.2 Å². The van der Waals surface area contributed by atoms with E-state index in [2.05, 4.69) is 10.3 Å². The largest absolute Gasteiger partial charge is 0.473 e.